The molecule has 1 saturated carbocycles. The number of nitro benzene ring substituents is 1. The van der Waals surface area contributed by atoms with E-state index in [0.717, 1.165) is 38.5 Å². The minimum atomic E-state index is -3.59. The van der Waals surface area contributed by atoms with Crippen molar-refractivity contribution in [2.45, 2.75) is 51.1 Å². The first kappa shape index (κ1) is 19.9. The van der Waals surface area contributed by atoms with Crippen LogP contribution in [0.5, 0.6) is 0 Å². The Hall–Kier alpha value is -2.37. The Morgan fingerprint density at radius 2 is 1.76 bits per heavy atom. The standard InChI is InChI=1S/C18H23N5O5S/c24-23(25)16-9-7-14(8-10-16)18-20-19-17(28-18)13-22(15-5-1-2-6-15)29(26,27)21-11-3-4-12-21/h7-10,15H,1-6,11-13H2. The van der Waals surface area contributed by atoms with E-state index in [0.29, 0.717) is 18.7 Å². The second-order valence-corrected chi connectivity index (χ2v) is 9.28. The highest BCUT2D eigenvalue weighted by molar-refractivity contribution is 7.86. The summed E-state index contributed by atoms with van der Waals surface area (Å²) in [6, 6.07) is 5.73. The lowest BCUT2D eigenvalue weighted by molar-refractivity contribution is -0.384. The predicted molar refractivity (Wildman–Crippen MR) is 104 cm³/mol. The van der Waals surface area contributed by atoms with Gasteiger partial charge in [0, 0.05) is 36.8 Å². The molecule has 1 aromatic carbocycles. The largest absolute Gasteiger partial charge is 0.419 e. The van der Waals surface area contributed by atoms with Gasteiger partial charge in [0.1, 0.15) is 0 Å². The van der Waals surface area contributed by atoms with Crippen LogP contribution in [0.3, 0.4) is 0 Å². The summed E-state index contributed by atoms with van der Waals surface area (Å²) in [4.78, 5) is 10.3. The van der Waals surface area contributed by atoms with Crippen molar-refractivity contribution in [2.24, 2.45) is 0 Å². The van der Waals surface area contributed by atoms with Crippen molar-refractivity contribution >= 4 is 15.9 Å². The lowest BCUT2D eigenvalue weighted by Crippen LogP contribution is -2.46. The van der Waals surface area contributed by atoms with Gasteiger partial charge in [-0.2, -0.15) is 17.0 Å². The van der Waals surface area contributed by atoms with E-state index in [4.69, 9.17) is 4.42 Å². The third-order valence-electron chi connectivity index (χ3n) is 5.50. The molecule has 2 heterocycles. The summed E-state index contributed by atoms with van der Waals surface area (Å²) in [6.07, 6.45) is 5.43. The quantitative estimate of drug-likeness (QED) is 0.497. The van der Waals surface area contributed by atoms with Crippen molar-refractivity contribution in [3.05, 3.63) is 40.3 Å². The molecule has 11 heteroatoms. The molecule has 1 aliphatic carbocycles. The second kappa shape index (κ2) is 8.17. The fraction of sp³-hybridized carbons (Fsp3) is 0.556. The number of rotatable bonds is 7. The molecule has 156 valence electrons. The monoisotopic (exact) mass is 421 g/mol. The minimum Gasteiger partial charge on any atom is -0.419 e. The number of nitrogens with zero attached hydrogens (tertiary/aromatic N) is 5. The van der Waals surface area contributed by atoms with E-state index < -0.39 is 15.1 Å². The zero-order valence-corrected chi connectivity index (χ0v) is 16.8. The van der Waals surface area contributed by atoms with Crippen LogP contribution in [0.15, 0.2) is 28.7 Å². The molecule has 2 aliphatic rings. The Balaban J connectivity index is 1.56. The van der Waals surface area contributed by atoms with Crippen LogP contribution in [0.1, 0.15) is 44.4 Å². The third-order valence-corrected chi connectivity index (χ3v) is 7.54. The van der Waals surface area contributed by atoms with E-state index in [1.54, 1.807) is 4.31 Å². The summed E-state index contributed by atoms with van der Waals surface area (Å²) in [7, 11) is -3.59. The van der Waals surface area contributed by atoms with Gasteiger partial charge in [-0.25, -0.2) is 0 Å². The lowest BCUT2D eigenvalue weighted by atomic mass is 10.2. The van der Waals surface area contributed by atoms with Crippen molar-refractivity contribution in [1.82, 2.24) is 18.8 Å². The van der Waals surface area contributed by atoms with Crippen molar-refractivity contribution < 1.29 is 17.8 Å². The number of benzene rings is 1. The Labute approximate surface area is 168 Å². The summed E-state index contributed by atoms with van der Waals surface area (Å²) in [5, 5.41) is 18.8. The van der Waals surface area contributed by atoms with E-state index in [9.17, 15) is 18.5 Å². The number of nitro groups is 1. The van der Waals surface area contributed by atoms with E-state index >= 15 is 0 Å². The highest BCUT2D eigenvalue weighted by Gasteiger charge is 2.38. The fourth-order valence-electron chi connectivity index (χ4n) is 3.95. The van der Waals surface area contributed by atoms with E-state index in [2.05, 4.69) is 10.2 Å². The Morgan fingerprint density at radius 3 is 2.38 bits per heavy atom. The van der Waals surface area contributed by atoms with E-state index in [1.807, 2.05) is 0 Å². The van der Waals surface area contributed by atoms with Gasteiger partial charge in [0.25, 0.3) is 15.9 Å². The highest BCUT2D eigenvalue weighted by atomic mass is 32.2. The molecule has 1 aliphatic heterocycles. The minimum absolute atomic E-state index is 0.0300. The number of hydrogen-bond acceptors (Lipinski definition) is 7. The van der Waals surface area contributed by atoms with Crippen molar-refractivity contribution in [2.75, 3.05) is 13.1 Å². The van der Waals surface area contributed by atoms with Crippen LogP contribution >= 0.6 is 0 Å². The first-order chi connectivity index (χ1) is 13.9. The molecular weight excluding hydrogens is 398 g/mol. The summed E-state index contributed by atoms with van der Waals surface area (Å²) in [6.45, 7) is 1.12. The normalized spacial score (nSPS) is 18.7. The van der Waals surface area contributed by atoms with Crippen LogP contribution in [0.25, 0.3) is 11.5 Å². The molecular formula is C18H23N5O5S. The Morgan fingerprint density at radius 1 is 1.10 bits per heavy atom. The van der Waals surface area contributed by atoms with Crippen LogP contribution < -0.4 is 0 Å². The maximum absolute atomic E-state index is 13.2. The van der Waals surface area contributed by atoms with E-state index in [-0.39, 0.29) is 30.1 Å². The third kappa shape index (κ3) is 4.16. The highest BCUT2D eigenvalue weighted by Crippen LogP contribution is 2.30. The van der Waals surface area contributed by atoms with Gasteiger partial charge in [0.15, 0.2) is 0 Å². The Kier molecular flexibility index (Phi) is 5.61. The number of non-ortho nitro benzene ring substituents is 1. The van der Waals surface area contributed by atoms with Crippen LogP contribution in [0.2, 0.25) is 0 Å². The summed E-state index contributed by atoms with van der Waals surface area (Å²) in [5.41, 5.74) is 0.516. The van der Waals surface area contributed by atoms with Gasteiger partial charge < -0.3 is 4.42 Å². The summed E-state index contributed by atoms with van der Waals surface area (Å²) in [5.74, 6) is 0.424. The molecule has 0 spiro atoms. The molecule has 10 nitrogen and oxygen atoms in total. The summed E-state index contributed by atoms with van der Waals surface area (Å²) < 4.78 is 35.2. The topological polar surface area (TPSA) is 123 Å². The van der Waals surface area contributed by atoms with Gasteiger partial charge in [0.05, 0.1) is 11.5 Å². The van der Waals surface area contributed by atoms with E-state index in [1.165, 1.54) is 28.6 Å². The molecule has 29 heavy (non-hydrogen) atoms. The molecule has 4 rings (SSSR count). The Bertz CT molecular complexity index is 963. The molecule has 0 atom stereocenters. The molecule has 0 unspecified atom stereocenters. The second-order valence-electron chi connectivity index (χ2n) is 7.40. The van der Waals surface area contributed by atoms with Crippen LogP contribution in [-0.2, 0) is 16.8 Å². The molecule has 2 aromatic rings. The first-order valence-corrected chi connectivity index (χ1v) is 11.2. The predicted octanol–water partition coefficient (Wildman–Crippen LogP) is 2.73. The number of hydrogen-bond donors (Lipinski definition) is 0. The average Bonchev–Trinajstić information content (AvgIpc) is 3.49. The van der Waals surface area contributed by atoms with Gasteiger partial charge in [-0.05, 0) is 37.8 Å². The molecule has 1 saturated heterocycles. The fourth-order valence-corrected chi connectivity index (χ4v) is 5.83. The zero-order chi connectivity index (χ0) is 20.4. The average molecular weight is 421 g/mol. The molecule has 0 N–H and O–H groups in total. The maximum Gasteiger partial charge on any atom is 0.282 e. The maximum atomic E-state index is 13.2. The SMILES string of the molecule is O=[N+]([O-])c1ccc(-c2nnc(CN(C3CCCC3)S(=O)(=O)N3CCCC3)o2)cc1. The number of aromatic nitrogens is 2. The van der Waals surface area contributed by atoms with Crippen LogP contribution in [0, 0.1) is 10.1 Å². The molecule has 1 aromatic heterocycles. The van der Waals surface area contributed by atoms with Crippen LogP contribution in [0.4, 0.5) is 5.69 Å². The smallest absolute Gasteiger partial charge is 0.282 e. The molecule has 2 fully saturated rings. The van der Waals surface area contributed by atoms with Gasteiger partial charge in [-0.15, -0.1) is 10.2 Å². The zero-order valence-electron chi connectivity index (χ0n) is 15.9. The van der Waals surface area contributed by atoms with Gasteiger partial charge in [-0.3, -0.25) is 10.1 Å². The van der Waals surface area contributed by atoms with Gasteiger partial charge in [0.2, 0.25) is 11.8 Å². The molecule has 0 bridgehead atoms. The van der Waals surface area contributed by atoms with Gasteiger partial charge >= 0.3 is 0 Å². The summed E-state index contributed by atoms with van der Waals surface area (Å²) >= 11 is 0. The van der Waals surface area contributed by atoms with Crippen molar-refractivity contribution in [3.63, 3.8) is 0 Å². The first-order valence-electron chi connectivity index (χ1n) is 9.79. The van der Waals surface area contributed by atoms with Crippen molar-refractivity contribution in [1.29, 1.82) is 0 Å². The lowest BCUT2D eigenvalue weighted by Gasteiger charge is -2.30. The molecule has 0 amide bonds. The van der Waals surface area contributed by atoms with Crippen LogP contribution in [-0.4, -0.2) is 51.3 Å². The molecule has 0 radical (unpaired) electrons. The van der Waals surface area contributed by atoms with Crippen molar-refractivity contribution in [3.8, 4) is 11.5 Å². The van der Waals surface area contributed by atoms with Gasteiger partial charge in [-0.1, -0.05) is 12.8 Å².